The van der Waals surface area contributed by atoms with Gasteiger partial charge in [0.15, 0.2) is 5.60 Å². The molecule has 0 aromatic heterocycles. The van der Waals surface area contributed by atoms with E-state index in [-0.39, 0.29) is 22.3 Å². The Hall–Kier alpha value is -2.80. The summed E-state index contributed by atoms with van der Waals surface area (Å²) in [5.74, 6) is -0.778. The van der Waals surface area contributed by atoms with Crippen LogP contribution in [0.3, 0.4) is 0 Å². The predicted molar refractivity (Wildman–Crippen MR) is 162 cm³/mol. The molecule has 0 unspecified atom stereocenters. The van der Waals surface area contributed by atoms with Crippen molar-refractivity contribution in [2.75, 3.05) is 6.61 Å². The van der Waals surface area contributed by atoms with Crippen molar-refractivity contribution in [1.82, 2.24) is 0 Å². The van der Waals surface area contributed by atoms with E-state index in [2.05, 4.69) is 82.3 Å². The highest BCUT2D eigenvalue weighted by molar-refractivity contribution is 6.99. The molecular weight excluding hydrogens is 516 g/mol. The van der Waals surface area contributed by atoms with Crippen LogP contribution in [0.1, 0.15) is 61.8 Å². The summed E-state index contributed by atoms with van der Waals surface area (Å²) in [5, 5.41) is 2.29. The lowest BCUT2D eigenvalue weighted by atomic mass is 9.71. The Morgan fingerprint density at radius 2 is 1.55 bits per heavy atom. The fraction of sp³-hybridized carbons (Fsp3) is 0.471. The lowest BCUT2D eigenvalue weighted by Gasteiger charge is -2.44. The summed E-state index contributed by atoms with van der Waals surface area (Å²) in [5.41, 5.74) is 0.127. The van der Waals surface area contributed by atoms with Crippen molar-refractivity contribution in [2.45, 2.75) is 78.7 Å². The molecule has 1 heterocycles. The van der Waals surface area contributed by atoms with Crippen molar-refractivity contribution < 1.29 is 23.5 Å². The van der Waals surface area contributed by atoms with Crippen LogP contribution in [0.4, 0.5) is 0 Å². The van der Waals surface area contributed by atoms with Gasteiger partial charge < -0.3 is 13.9 Å². The summed E-state index contributed by atoms with van der Waals surface area (Å²) < 4.78 is 19.5. The zero-order chi connectivity index (χ0) is 29.3. The number of esters is 1. The number of carbonyl (C=O) groups is 2. The van der Waals surface area contributed by atoms with Crippen LogP contribution in [0, 0.1) is 17.3 Å². The molecule has 4 rings (SSSR count). The van der Waals surface area contributed by atoms with Crippen LogP contribution < -0.4 is 10.4 Å². The Morgan fingerprint density at radius 1 is 1.00 bits per heavy atom. The minimum absolute atomic E-state index is 0.0191. The van der Waals surface area contributed by atoms with Crippen LogP contribution in [-0.4, -0.2) is 39.1 Å². The van der Waals surface area contributed by atoms with Gasteiger partial charge in [-0.1, -0.05) is 121 Å². The van der Waals surface area contributed by atoms with E-state index >= 15 is 0 Å². The first-order valence-corrected chi connectivity index (χ1v) is 16.1. The quantitative estimate of drug-likeness (QED) is 0.137. The summed E-state index contributed by atoms with van der Waals surface area (Å²) >= 11 is 0. The van der Waals surface area contributed by atoms with Gasteiger partial charge in [0.2, 0.25) is 6.29 Å². The van der Waals surface area contributed by atoms with E-state index in [0.717, 1.165) is 11.9 Å². The average Bonchev–Trinajstić information content (AvgIpc) is 3.24. The van der Waals surface area contributed by atoms with Gasteiger partial charge in [-0.05, 0) is 45.8 Å². The number of hydrogen-bond acceptors (Lipinski definition) is 5. The maximum Gasteiger partial charge on any atom is 0.341 e. The van der Waals surface area contributed by atoms with Crippen molar-refractivity contribution in [3.05, 3.63) is 84.0 Å². The number of benzene rings is 2. The highest BCUT2D eigenvalue weighted by Crippen LogP contribution is 2.48. The first-order chi connectivity index (χ1) is 18.7. The van der Waals surface area contributed by atoms with E-state index in [4.69, 9.17) is 13.9 Å². The predicted octanol–water partition coefficient (Wildman–Crippen LogP) is 5.98. The zero-order valence-electron chi connectivity index (χ0n) is 25.2. The molecule has 1 aliphatic carbocycles. The lowest BCUT2D eigenvalue weighted by molar-refractivity contribution is -0.158. The molecule has 2 aromatic carbocycles. The maximum absolute atomic E-state index is 13.4. The SMILES string of the molecule is C/C(C=O)=C\[C@@H]1C=C(CO[Si](c2ccccc2)(c2ccccc2)C(C)(C)C)[C@H](C)C[C@]12O[C@@H](C(C)(C)C)OC2=O. The number of ether oxygens (including phenoxy) is 2. The van der Waals surface area contributed by atoms with E-state index in [1.165, 1.54) is 10.4 Å². The first kappa shape index (κ1) is 30.2. The molecule has 0 N–H and O–H groups in total. The van der Waals surface area contributed by atoms with Crippen LogP contribution >= 0.6 is 0 Å². The molecule has 6 heteroatoms. The van der Waals surface area contributed by atoms with E-state index in [9.17, 15) is 9.59 Å². The molecule has 2 aromatic rings. The number of carbonyl (C=O) groups excluding carboxylic acids is 2. The summed E-state index contributed by atoms with van der Waals surface area (Å²) in [6, 6.07) is 21.2. The molecule has 4 atom stereocenters. The molecule has 5 nitrogen and oxygen atoms in total. The van der Waals surface area contributed by atoms with Gasteiger partial charge in [0.25, 0.3) is 8.32 Å². The van der Waals surface area contributed by atoms with Gasteiger partial charge in [-0.2, -0.15) is 0 Å². The molecule has 1 aliphatic heterocycles. The van der Waals surface area contributed by atoms with Gasteiger partial charge >= 0.3 is 5.97 Å². The van der Waals surface area contributed by atoms with E-state index in [1.807, 2.05) is 39.0 Å². The Kier molecular flexibility index (Phi) is 8.47. The van der Waals surface area contributed by atoms with Crippen molar-refractivity contribution >= 4 is 30.9 Å². The minimum atomic E-state index is -2.75. The van der Waals surface area contributed by atoms with E-state index in [0.29, 0.717) is 18.6 Å². The van der Waals surface area contributed by atoms with Crippen molar-refractivity contribution in [2.24, 2.45) is 17.3 Å². The van der Waals surface area contributed by atoms with Crippen LogP contribution in [0.15, 0.2) is 84.0 Å². The second kappa shape index (κ2) is 11.2. The Labute approximate surface area is 240 Å². The number of aldehydes is 1. The molecule has 0 amide bonds. The van der Waals surface area contributed by atoms with Crippen molar-refractivity contribution in [3.8, 4) is 0 Å². The van der Waals surface area contributed by atoms with Crippen LogP contribution in [0.25, 0.3) is 0 Å². The van der Waals surface area contributed by atoms with Gasteiger partial charge in [-0.3, -0.25) is 4.79 Å². The second-order valence-corrected chi connectivity index (χ2v) is 17.8. The molecule has 2 aliphatic rings. The van der Waals surface area contributed by atoms with Gasteiger partial charge in [-0.15, -0.1) is 0 Å². The second-order valence-electron chi connectivity index (χ2n) is 13.5. The third-order valence-corrected chi connectivity index (χ3v) is 13.2. The molecule has 0 bridgehead atoms. The van der Waals surface area contributed by atoms with Crippen LogP contribution in [-0.2, 0) is 23.5 Å². The molecule has 40 heavy (non-hydrogen) atoms. The summed E-state index contributed by atoms with van der Waals surface area (Å²) in [7, 11) is -2.75. The average molecular weight is 561 g/mol. The van der Waals surface area contributed by atoms with Crippen molar-refractivity contribution in [1.29, 1.82) is 0 Å². The smallest absolute Gasteiger partial charge is 0.341 e. The van der Waals surface area contributed by atoms with Gasteiger partial charge in [0.1, 0.15) is 6.29 Å². The third kappa shape index (κ3) is 5.54. The molecular formula is C34H44O5Si. The highest BCUT2D eigenvalue weighted by atomic mass is 28.4. The van der Waals surface area contributed by atoms with E-state index < -0.39 is 26.1 Å². The summed E-state index contributed by atoms with van der Waals surface area (Å²) in [6.45, 7) is 17.1. The van der Waals surface area contributed by atoms with Crippen molar-refractivity contribution in [3.63, 3.8) is 0 Å². The largest absolute Gasteiger partial charge is 0.433 e. The van der Waals surface area contributed by atoms with Gasteiger partial charge in [0.05, 0.1) is 6.61 Å². The zero-order valence-corrected chi connectivity index (χ0v) is 26.2. The first-order valence-electron chi connectivity index (χ1n) is 14.2. The number of cyclic esters (lactones) is 1. The van der Waals surface area contributed by atoms with Crippen LogP contribution in [0.5, 0.6) is 0 Å². The third-order valence-electron chi connectivity index (χ3n) is 8.26. The Bertz CT molecular complexity index is 1230. The molecule has 0 saturated carbocycles. The molecule has 1 fully saturated rings. The normalized spacial score (nSPS) is 26.0. The molecule has 1 saturated heterocycles. The lowest BCUT2D eigenvalue weighted by Crippen LogP contribution is -2.66. The summed E-state index contributed by atoms with van der Waals surface area (Å²) in [4.78, 5) is 25.1. The number of allylic oxidation sites excluding steroid dienone is 1. The molecule has 214 valence electrons. The van der Waals surface area contributed by atoms with Gasteiger partial charge in [0, 0.05) is 11.3 Å². The monoisotopic (exact) mass is 560 g/mol. The van der Waals surface area contributed by atoms with E-state index in [1.54, 1.807) is 6.92 Å². The Morgan fingerprint density at radius 3 is 2.00 bits per heavy atom. The number of rotatable bonds is 7. The fourth-order valence-corrected chi connectivity index (χ4v) is 10.6. The Balaban J connectivity index is 1.77. The minimum Gasteiger partial charge on any atom is -0.433 e. The molecule has 1 spiro atoms. The topological polar surface area (TPSA) is 61.8 Å². The molecule has 0 radical (unpaired) electrons. The maximum atomic E-state index is 13.4. The standard InChI is InChI=1S/C34H44O5Si/c1-24(22-35)19-27-20-26(25(2)21-34(27)30(36)38-31(39-34)32(3,4)5)23-37-40(33(6,7)8,28-15-11-9-12-16-28)29-17-13-10-14-18-29/h9-20,22,25,27,31H,21,23H2,1-8H3/b24-19+/t25-,27-,31+,34+/m1/s1. The summed E-state index contributed by atoms with van der Waals surface area (Å²) in [6.07, 6.45) is 4.56. The van der Waals surface area contributed by atoms with Crippen LogP contribution in [0.2, 0.25) is 5.04 Å². The number of hydrogen-bond donors (Lipinski definition) is 0. The van der Waals surface area contributed by atoms with Gasteiger partial charge in [-0.25, -0.2) is 4.79 Å². The highest BCUT2D eigenvalue weighted by Gasteiger charge is 2.59. The fourth-order valence-electron chi connectivity index (χ4n) is 6.06.